The maximum Gasteiger partial charge on any atom is 0.0583 e. The number of nitrogens with zero attached hydrogens (tertiary/aromatic N) is 1. The van der Waals surface area contributed by atoms with E-state index in [1.807, 2.05) is 0 Å². The van der Waals surface area contributed by atoms with Gasteiger partial charge >= 0.3 is 0 Å². The summed E-state index contributed by atoms with van der Waals surface area (Å²) in [7, 11) is 0. The van der Waals surface area contributed by atoms with Crippen LogP contribution in [0, 0.1) is 5.92 Å². The van der Waals surface area contributed by atoms with E-state index in [0.717, 1.165) is 24.9 Å². The van der Waals surface area contributed by atoms with Crippen molar-refractivity contribution in [3.8, 4) is 0 Å². The summed E-state index contributed by atoms with van der Waals surface area (Å²) in [4.78, 5) is 2.55. The Labute approximate surface area is 93.6 Å². The molecule has 0 aromatic heterocycles. The van der Waals surface area contributed by atoms with E-state index in [-0.39, 0.29) is 12.6 Å². The van der Waals surface area contributed by atoms with Gasteiger partial charge in [-0.05, 0) is 44.7 Å². The second kappa shape index (κ2) is 6.46. The van der Waals surface area contributed by atoms with E-state index in [2.05, 4.69) is 18.7 Å². The van der Waals surface area contributed by atoms with Crippen molar-refractivity contribution in [3.05, 3.63) is 0 Å². The quantitative estimate of drug-likeness (QED) is 0.638. The number of aliphatic hydroxyl groups is 1. The molecular weight excluding hydrogens is 188 g/mol. The van der Waals surface area contributed by atoms with Crippen LogP contribution in [0.5, 0.6) is 0 Å². The van der Waals surface area contributed by atoms with Crippen LogP contribution in [-0.4, -0.2) is 41.8 Å². The minimum absolute atomic E-state index is 0.0368. The molecule has 1 unspecified atom stereocenters. The van der Waals surface area contributed by atoms with E-state index < -0.39 is 0 Å². The molecule has 3 N–H and O–H groups in total. The molecule has 1 atom stereocenters. The summed E-state index contributed by atoms with van der Waals surface area (Å²) in [6.07, 6.45) is 4.90. The molecule has 0 spiro atoms. The van der Waals surface area contributed by atoms with Gasteiger partial charge in [-0.15, -0.1) is 0 Å². The summed E-state index contributed by atoms with van der Waals surface area (Å²) in [6.45, 7) is 6.90. The van der Waals surface area contributed by atoms with E-state index in [0.29, 0.717) is 0 Å². The molecule has 0 saturated heterocycles. The number of hydrogen-bond donors (Lipinski definition) is 2. The van der Waals surface area contributed by atoms with Gasteiger partial charge in [0, 0.05) is 12.1 Å². The fraction of sp³-hybridized carbons (Fsp3) is 1.00. The molecule has 1 rings (SSSR count). The van der Waals surface area contributed by atoms with E-state index in [1.54, 1.807) is 0 Å². The van der Waals surface area contributed by atoms with Gasteiger partial charge in [0.2, 0.25) is 0 Å². The molecule has 15 heavy (non-hydrogen) atoms. The third-order valence-electron chi connectivity index (χ3n) is 3.08. The molecule has 0 amide bonds. The van der Waals surface area contributed by atoms with Crippen LogP contribution in [0.1, 0.15) is 39.5 Å². The van der Waals surface area contributed by atoms with Crippen LogP contribution in [-0.2, 0) is 0 Å². The van der Waals surface area contributed by atoms with Crippen molar-refractivity contribution >= 4 is 0 Å². The lowest BCUT2D eigenvalue weighted by molar-refractivity contribution is 0.211. The molecule has 90 valence electrons. The molecule has 0 bridgehead atoms. The highest BCUT2D eigenvalue weighted by molar-refractivity contribution is 4.85. The summed E-state index contributed by atoms with van der Waals surface area (Å²) in [6, 6.07) is 0.778. The minimum atomic E-state index is -0.0368. The summed E-state index contributed by atoms with van der Waals surface area (Å²) in [5.41, 5.74) is 5.72. The second-order valence-corrected chi connectivity index (χ2v) is 5.18. The standard InChI is InChI=1S/C12H26N2O/c1-10(2)5-7-14(12-3-4-12)8-6-11(13)9-15/h10-12,15H,3-9,13H2,1-2H3. The van der Waals surface area contributed by atoms with Gasteiger partial charge in [-0.25, -0.2) is 0 Å². The van der Waals surface area contributed by atoms with Crippen molar-refractivity contribution in [1.82, 2.24) is 4.90 Å². The highest BCUT2D eigenvalue weighted by Gasteiger charge is 2.28. The van der Waals surface area contributed by atoms with Crippen molar-refractivity contribution < 1.29 is 5.11 Å². The summed E-state index contributed by atoms with van der Waals surface area (Å²) in [5, 5.41) is 8.88. The summed E-state index contributed by atoms with van der Waals surface area (Å²) in [5.74, 6) is 0.776. The van der Waals surface area contributed by atoms with Crippen molar-refractivity contribution in [2.45, 2.75) is 51.6 Å². The third-order valence-corrected chi connectivity index (χ3v) is 3.08. The maximum absolute atomic E-state index is 8.88. The number of aliphatic hydroxyl groups excluding tert-OH is 1. The van der Waals surface area contributed by atoms with Crippen molar-refractivity contribution in [3.63, 3.8) is 0 Å². The van der Waals surface area contributed by atoms with Gasteiger partial charge in [-0.1, -0.05) is 13.8 Å². The molecule has 1 saturated carbocycles. The fourth-order valence-electron chi connectivity index (χ4n) is 1.76. The van der Waals surface area contributed by atoms with Gasteiger partial charge in [-0.2, -0.15) is 0 Å². The Morgan fingerprint density at radius 1 is 1.27 bits per heavy atom. The largest absolute Gasteiger partial charge is 0.395 e. The number of hydrogen-bond acceptors (Lipinski definition) is 3. The second-order valence-electron chi connectivity index (χ2n) is 5.18. The van der Waals surface area contributed by atoms with Gasteiger partial charge < -0.3 is 15.7 Å². The van der Waals surface area contributed by atoms with Crippen LogP contribution in [0.3, 0.4) is 0 Å². The highest BCUT2D eigenvalue weighted by atomic mass is 16.3. The Morgan fingerprint density at radius 2 is 1.87 bits per heavy atom. The van der Waals surface area contributed by atoms with Crippen LogP contribution >= 0.6 is 0 Å². The monoisotopic (exact) mass is 214 g/mol. The first-order valence-electron chi connectivity index (χ1n) is 6.24. The normalized spacial score (nSPS) is 18.8. The number of nitrogens with two attached hydrogens (primary N) is 1. The molecule has 0 aliphatic heterocycles. The average Bonchev–Trinajstić information content (AvgIpc) is 3.00. The van der Waals surface area contributed by atoms with E-state index >= 15 is 0 Å². The Bertz CT molecular complexity index is 169. The fourth-order valence-corrected chi connectivity index (χ4v) is 1.76. The van der Waals surface area contributed by atoms with Crippen LogP contribution < -0.4 is 5.73 Å². The maximum atomic E-state index is 8.88. The number of rotatable bonds is 8. The van der Waals surface area contributed by atoms with Gasteiger partial charge in [0.1, 0.15) is 0 Å². The summed E-state index contributed by atoms with van der Waals surface area (Å²) >= 11 is 0. The van der Waals surface area contributed by atoms with Gasteiger partial charge in [0.25, 0.3) is 0 Å². The first-order valence-corrected chi connectivity index (χ1v) is 6.24. The minimum Gasteiger partial charge on any atom is -0.395 e. The van der Waals surface area contributed by atoms with Crippen LogP contribution in [0.25, 0.3) is 0 Å². The average molecular weight is 214 g/mol. The van der Waals surface area contributed by atoms with E-state index in [9.17, 15) is 0 Å². The predicted molar refractivity (Wildman–Crippen MR) is 63.7 cm³/mol. The topological polar surface area (TPSA) is 49.5 Å². The van der Waals surface area contributed by atoms with E-state index in [4.69, 9.17) is 10.8 Å². The Hall–Kier alpha value is -0.120. The zero-order valence-electron chi connectivity index (χ0n) is 10.2. The Kier molecular flexibility index (Phi) is 5.58. The SMILES string of the molecule is CC(C)CCN(CCC(N)CO)C1CC1. The molecule has 0 radical (unpaired) electrons. The highest BCUT2D eigenvalue weighted by Crippen LogP contribution is 2.27. The summed E-state index contributed by atoms with van der Waals surface area (Å²) < 4.78 is 0. The molecule has 1 aliphatic rings. The van der Waals surface area contributed by atoms with Gasteiger partial charge in [-0.3, -0.25) is 0 Å². The molecular formula is C12H26N2O. The first kappa shape index (κ1) is 12.9. The molecule has 0 aromatic rings. The van der Waals surface area contributed by atoms with Crippen LogP contribution in [0.15, 0.2) is 0 Å². The smallest absolute Gasteiger partial charge is 0.0583 e. The zero-order chi connectivity index (χ0) is 11.3. The van der Waals surface area contributed by atoms with Crippen LogP contribution in [0.2, 0.25) is 0 Å². The predicted octanol–water partition coefficient (Wildman–Crippen LogP) is 1.21. The molecule has 1 fully saturated rings. The lowest BCUT2D eigenvalue weighted by atomic mass is 10.1. The van der Waals surface area contributed by atoms with E-state index in [1.165, 1.54) is 25.8 Å². The lowest BCUT2D eigenvalue weighted by Gasteiger charge is -2.24. The molecule has 1 aliphatic carbocycles. The van der Waals surface area contributed by atoms with Crippen molar-refractivity contribution in [2.75, 3.05) is 19.7 Å². The molecule has 0 aromatic carbocycles. The van der Waals surface area contributed by atoms with Gasteiger partial charge in [0.05, 0.1) is 6.61 Å². The van der Waals surface area contributed by atoms with Crippen molar-refractivity contribution in [1.29, 1.82) is 0 Å². The third kappa shape index (κ3) is 5.50. The molecule has 3 heteroatoms. The molecule has 3 nitrogen and oxygen atoms in total. The zero-order valence-corrected chi connectivity index (χ0v) is 10.2. The first-order chi connectivity index (χ1) is 7.13. The van der Waals surface area contributed by atoms with Crippen LogP contribution in [0.4, 0.5) is 0 Å². The Balaban J connectivity index is 2.18. The molecule has 0 heterocycles. The van der Waals surface area contributed by atoms with Gasteiger partial charge in [0.15, 0.2) is 0 Å². The van der Waals surface area contributed by atoms with Crippen molar-refractivity contribution in [2.24, 2.45) is 11.7 Å². The Morgan fingerprint density at radius 3 is 2.33 bits per heavy atom. The lowest BCUT2D eigenvalue weighted by Crippen LogP contribution is -2.34.